The molecule has 0 aliphatic heterocycles. The van der Waals surface area contributed by atoms with Gasteiger partial charge in [-0.25, -0.2) is 0 Å². The van der Waals surface area contributed by atoms with Crippen molar-refractivity contribution in [3.05, 3.63) is 0 Å². The molecule has 0 aromatic rings. The van der Waals surface area contributed by atoms with E-state index in [4.69, 9.17) is 0 Å². The molecular formula is C5H8F4O3S. The van der Waals surface area contributed by atoms with Crippen LogP contribution >= 0.6 is 0 Å². The molecule has 1 atom stereocenters. The number of hydrogen-bond acceptors (Lipinski definition) is 3. The fraction of sp³-hybridized carbons (Fsp3) is 1.00. The van der Waals surface area contributed by atoms with Crippen LogP contribution in [0, 0.1) is 0 Å². The van der Waals surface area contributed by atoms with E-state index in [1.165, 1.54) is 0 Å². The molecule has 0 rings (SSSR count). The SMILES string of the molecule is O=S(OCCCF)OCC(F)(F)F. The summed E-state index contributed by atoms with van der Waals surface area (Å²) in [5.74, 6) is 0. The molecule has 13 heavy (non-hydrogen) atoms. The molecule has 0 N–H and O–H groups in total. The predicted molar refractivity (Wildman–Crippen MR) is 36.7 cm³/mol. The van der Waals surface area contributed by atoms with Gasteiger partial charge in [-0.15, -0.1) is 0 Å². The van der Waals surface area contributed by atoms with Gasteiger partial charge < -0.3 is 0 Å². The number of rotatable bonds is 6. The highest BCUT2D eigenvalue weighted by Crippen LogP contribution is 2.15. The molecule has 0 fully saturated rings. The van der Waals surface area contributed by atoms with E-state index in [2.05, 4.69) is 8.37 Å². The fourth-order valence-corrected chi connectivity index (χ4v) is 0.882. The molecule has 0 saturated carbocycles. The Morgan fingerprint density at radius 3 is 2.31 bits per heavy atom. The molecule has 0 saturated heterocycles. The molecule has 8 heteroatoms. The minimum atomic E-state index is -4.54. The van der Waals surface area contributed by atoms with Gasteiger partial charge >= 0.3 is 17.5 Å². The van der Waals surface area contributed by atoms with Gasteiger partial charge in [-0.2, -0.15) is 17.4 Å². The predicted octanol–water partition coefficient (Wildman–Crippen LogP) is 1.52. The Morgan fingerprint density at radius 2 is 1.85 bits per heavy atom. The Hall–Kier alpha value is -0.210. The van der Waals surface area contributed by atoms with Gasteiger partial charge in [-0.1, -0.05) is 0 Å². The monoisotopic (exact) mass is 224 g/mol. The van der Waals surface area contributed by atoms with E-state index in [1.807, 2.05) is 0 Å². The Labute approximate surface area is 74.9 Å². The van der Waals surface area contributed by atoms with Crippen LogP contribution in [-0.2, 0) is 19.7 Å². The molecule has 0 aromatic carbocycles. The van der Waals surface area contributed by atoms with Gasteiger partial charge in [0.15, 0.2) is 6.61 Å². The highest BCUT2D eigenvalue weighted by Gasteiger charge is 2.29. The van der Waals surface area contributed by atoms with E-state index >= 15 is 0 Å². The van der Waals surface area contributed by atoms with Crippen LogP contribution in [-0.4, -0.2) is 30.3 Å². The first-order valence-corrected chi connectivity index (χ1v) is 4.27. The van der Waals surface area contributed by atoms with Gasteiger partial charge in [-0.3, -0.25) is 12.8 Å². The summed E-state index contributed by atoms with van der Waals surface area (Å²) in [5, 5.41) is 0. The van der Waals surface area contributed by atoms with Crippen LogP contribution in [0.25, 0.3) is 0 Å². The van der Waals surface area contributed by atoms with Crippen LogP contribution in [0.5, 0.6) is 0 Å². The highest BCUT2D eigenvalue weighted by atomic mass is 32.2. The smallest absolute Gasteiger partial charge is 0.268 e. The molecule has 3 nitrogen and oxygen atoms in total. The van der Waals surface area contributed by atoms with Gasteiger partial charge in [-0.05, 0) is 0 Å². The number of halogens is 4. The van der Waals surface area contributed by atoms with Crippen molar-refractivity contribution in [1.82, 2.24) is 0 Å². The molecule has 0 amide bonds. The minimum absolute atomic E-state index is 0.0267. The van der Waals surface area contributed by atoms with Gasteiger partial charge in [0, 0.05) is 6.42 Å². The van der Waals surface area contributed by atoms with Gasteiger partial charge in [0.1, 0.15) is 0 Å². The zero-order valence-electron chi connectivity index (χ0n) is 6.47. The van der Waals surface area contributed by atoms with E-state index < -0.39 is 30.8 Å². The lowest BCUT2D eigenvalue weighted by atomic mass is 10.5. The Kier molecular flexibility index (Phi) is 6.17. The van der Waals surface area contributed by atoms with Crippen LogP contribution in [0.1, 0.15) is 6.42 Å². The van der Waals surface area contributed by atoms with Crippen molar-refractivity contribution in [3.8, 4) is 0 Å². The van der Waals surface area contributed by atoms with E-state index in [0.29, 0.717) is 0 Å². The van der Waals surface area contributed by atoms with E-state index in [0.717, 1.165) is 0 Å². The minimum Gasteiger partial charge on any atom is -0.268 e. The standard InChI is InChI=1S/C5H8F4O3S/c6-2-1-3-11-13(10)12-4-5(7,8)9/h1-4H2. The first-order valence-electron chi connectivity index (χ1n) is 3.27. The van der Waals surface area contributed by atoms with Crippen molar-refractivity contribution in [2.24, 2.45) is 0 Å². The van der Waals surface area contributed by atoms with Crippen molar-refractivity contribution < 1.29 is 30.1 Å². The molecule has 80 valence electrons. The third kappa shape index (κ3) is 9.71. The highest BCUT2D eigenvalue weighted by molar-refractivity contribution is 7.75. The quantitative estimate of drug-likeness (QED) is 0.507. The molecule has 0 aliphatic rings. The van der Waals surface area contributed by atoms with Crippen LogP contribution in [0.3, 0.4) is 0 Å². The van der Waals surface area contributed by atoms with Crippen LogP contribution in [0.15, 0.2) is 0 Å². The average molecular weight is 224 g/mol. The van der Waals surface area contributed by atoms with Crippen LogP contribution < -0.4 is 0 Å². The van der Waals surface area contributed by atoms with Crippen LogP contribution in [0.4, 0.5) is 17.6 Å². The van der Waals surface area contributed by atoms with Crippen molar-refractivity contribution in [1.29, 1.82) is 0 Å². The molecular weight excluding hydrogens is 216 g/mol. The van der Waals surface area contributed by atoms with E-state index in [-0.39, 0.29) is 13.0 Å². The van der Waals surface area contributed by atoms with E-state index in [1.54, 1.807) is 0 Å². The summed E-state index contributed by atoms with van der Waals surface area (Å²) in [6, 6.07) is 0. The van der Waals surface area contributed by atoms with Crippen molar-refractivity contribution >= 4 is 11.4 Å². The molecule has 0 radical (unpaired) electrons. The van der Waals surface area contributed by atoms with Gasteiger partial charge in [0.2, 0.25) is 0 Å². The topological polar surface area (TPSA) is 35.5 Å². The molecule has 0 bridgehead atoms. The second-order valence-corrected chi connectivity index (χ2v) is 2.83. The third-order valence-electron chi connectivity index (χ3n) is 0.776. The summed E-state index contributed by atoms with van der Waals surface area (Å²) in [6.45, 7) is -2.56. The Balaban J connectivity index is 3.41. The van der Waals surface area contributed by atoms with E-state index in [9.17, 15) is 21.8 Å². The lowest BCUT2D eigenvalue weighted by molar-refractivity contribution is -0.153. The first-order chi connectivity index (χ1) is 5.95. The zero-order valence-corrected chi connectivity index (χ0v) is 7.29. The second-order valence-electron chi connectivity index (χ2n) is 1.95. The second kappa shape index (κ2) is 6.28. The normalized spacial score (nSPS) is 14.5. The van der Waals surface area contributed by atoms with Crippen molar-refractivity contribution in [2.45, 2.75) is 12.6 Å². The maximum absolute atomic E-state index is 11.4. The summed E-state index contributed by atoms with van der Waals surface area (Å²) in [6.07, 6.45) is -4.57. The first kappa shape index (κ1) is 12.8. The summed E-state index contributed by atoms with van der Waals surface area (Å²) in [5.41, 5.74) is 0. The summed E-state index contributed by atoms with van der Waals surface area (Å²) >= 11 is -2.45. The summed E-state index contributed by atoms with van der Waals surface area (Å²) in [4.78, 5) is 0. The van der Waals surface area contributed by atoms with Crippen LogP contribution in [0.2, 0.25) is 0 Å². The maximum atomic E-state index is 11.4. The lowest BCUT2D eigenvalue weighted by Gasteiger charge is -2.05. The van der Waals surface area contributed by atoms with Crippen molar-refractivity contribution in [2.75, 3.05) is 19.9 Å². The molecule has 1 unspecified atom stereocenters. The van der Waals surface area contributed by atoms with Gasteiger partial charge in [0.25, 0.3) is 0 Å². The Bertz CT molecular complexity index is 160. The van der Waals surface area contributed by atoms with Crippen molar-refractivity contribution in [3.63, 3.8) is 0 Å². The average Bonchev–Trinajstić information content (AvgIpc) is 2.00. The molecule has 0 aromatic heterocycles. The molecule has 0 spiro atoms. The number of hydrogen-bond donors (Lipinski definition) is 0. The van der Waals surface area contributed by atoms with Gasteiger partial charge in [0.05, 0.1) is 13.3 Å². The molecule has 0 heterocycles. The summed E-state index contributed by atoms with van der Waals surface area (Å²) in [7, 11) is 0. The maximum Gasteiger partial charge on any atom is 0.413 e. The molecule has 0 aliphatic carbocycles. The third-order valence-corrected chi connectivity index (χ3v) is 1.45. The summed E-state index contributed by atoms with van der Waals surface area (Å²) < 4.78 is 64.1. The Morgan fingerprint density at radius 1 is 1.23 bits per heavy atom. The fourth-order valence-electron chi connectivity index (χ4n) is 0.330. The number of alkyl halides is 4. The largest absolute Gasteiger partial charge is 0.413 e. The zero-order chi connectivity index (χ0) is 10.3. The lowest BCUT2D eigenvalue weighted by Crippen LogP contribution is -2.19.